The molecule has 8 nitrogen and oxygen atoms in total. The van der Waals surface area contributed by atoms with Crippen molar-refractivity contribution in [3.8, 4) is 11.5 Å². The Balaban J connectivity index is 1.52. The van der Waals surface area contributed by atoms with Crippen LogP contribution in [0.4, 0.5) is 17.1 Å². The van der Waals surface area contributed by atoms with Crippen molar-refractivity contribution in [3.05, 3.63) is 78.9 Å². The first-order chi connectivity index (χ1) is 16.0. The van der Waals surface area contributed by atoms with Crippen LogP contribution in [0.5, 0.6) is 11.5 Å². The molecule has 1 heterocycles. The van der Waals surface area contributed by atoms with Crippen LogP contribution in [0.3, 0.4) is 0 Å². The van der Waals surface area contributed by atoms with E-state index in [4.69, 9.17) is 9.47 Å². The van der Waals surface area contributed by atoms with Crippen molar-refractivity contribution in [1.82, 2.24) is 0 Å². The Morgan fingerprint density at radius 1 is 0.939 bits per heavy atom. The maximum atomic E-state index is 13.2. The Bertz CT molecular complexity index is 1150. The van der Waals surface area contributed by atoms with Crippen LogP contribution < -0.4 is 25.0 Å². The van der Waals surface area contributed by atoms with Gasteiger partial charge in [-0.3, -0.25) is 19.3 Å². The molecule has 0 aliphatic carbocycles. The molecule has 1 aliphatic rings. The fourth-order valence-electron chi connectivity index (χ4n) is 3.58. The molecular weight excluding hydrogens is 422 g/mol. The fraction of sp³-hybridized carbons (Fsp3) is 0.160. The van der Waals surface area contributed by atoms with Crippen LogP contribution in [0.15, 0.2) is 78.9 Å². The molecule has 2 N–H and O–H groups in total. The molecule has 0 fully saturated rings. The molecule has 0 unspecified atom stereocenters. The Kier molecular flexibility index (Phi) is 6.54. The van der Waals surface area contributed by atoms with E-state index in [1.807, 2.05) is 6.07 Å². The van der Waals surface area contributed by atoms with Gasteiger partial charge in [-0.15, -0.1) is 0 Å². The summed E-state index contributed by atoms with van der Waals surface area (Å²) in [5.41, 5.74) is 1.58. The summed E-state index contributed by atoms with van der Waals surface area (Å²) in [5, 5.41) is 5.54. The number of hydrogen-bond donors (Lipinski definition) is 2. The van der Waals surface area contributed by atoms with E-state index >= 15 is 0 Å². The first-order valence-electron chi connectivity index (χ1n) is 10.4. The molecule has 0 radical (unpaired) electrons. The van der Waals surface area contributed by atoms with Crippen molar-refractivity contribution in [2.45, 2.75) is 12.5 Å². The zero-order chi connectivity index (χ0) is 23.2. The first kappa shape index (κ1) is 21.9. The Morgan fingerprint density at radius 2 is 1.64 bits per heavy atom. The van der Waals surface area contributed by atoms with Gasteiger partial charge >= 0.3 is 0 Å². The minimum absolute atomic E-state index is 0.219. The van der Waals surface area contributed by atoms with Gasteiger partial charge in [0.05, 0.1) is 24.9 Å². The lowest BCUT2D eigenvalue weighted by Gasteiger charge is -2.36. The molecule has 3 aromatic rings. The molecule has 33 heavy (non-hydrogen) atoms. The van der Waals surface area contributed by atoms with Crippen LogP contribution >= 0.6 is 0 Å². The third-order valence-electron chi connectivity index (χ3n) is 5.16. The number of fused-ring (bicyclic) bond motifs is 1. The zero-order valence-electron chi connectivity index (χ0n) is 18.0. The SMILES string of the molecule is COc1ccc(NC(=O)C[C@@H]2C(=O)Nc3ccccc3N2C(=O)COc2ccccc2)cc1. The van der Waals surface area contributed by atoms with Gasteiger partial charge < -0.3 is 20.1 Å². The van der Waals surface area contributed by atoms with Crippen molar-refractivity contribution < 1.29 is 23.9 Å². The maximum Gasteiger partial charge on any atom is 0.265 e. The Morgan fingerprint density at radius 3 is 2.36 bits per heavy atom. The number of benzene rings is 3. The highest BCUT2D eigenvalue weighted by atomic mass is 16.5. The standard InChI is InChI=1S/C25H23N3O5/c1-32-18-13-11-17(12-14-18)26-23(29)15-22-25(31)27-20-9-5-6-10-21(20)28(22)24(30)16-33-19-7-3-2-4-8-19/h2-14,22H,15-16H2,1H3,(H,26,29)(H,27,31)/t22-/m1/s1. The maximum absolute atomic E-state index is 13.2. The molecule has 1 aliphatic heterocycles. The average Bonchev–Trinajstić information content (AvgIpc) is 2.84. The Hall–Kier alpha value is -4.33. The summed E-state index contributed by atoms with van der Waals surface area (Å²) < 4.78 is 10.7. The highest BCUT2D eigenvalue weighted by molar-refractivity contribution is 6.14. The molecule has 0 spiro atoms. The number of hydrogen-bond acceptors (Lipinski definition) is 5. The molecule has 8 heteroatoms. The number of nitrogens with zero attached hydrogens (tertiary/aromatic N) is 1. The molecule has 1 atom stereocenters. The molecule has 0 saturated heterocycles. The lowest BCUT2D eigenvalue weighted by atomic mass is 10.0. The second kappa shape index (κ2) is 9.86. The van der Waals surface area contributed by atoms with Gasteiger partial charge in [-0.05, 0) is 48.5 Å². The van der Waals surface area contributed by atoms with Gasteiger partial charge in [-0.25, -0.2) is 0 Å². The number of ether oxygens (including phenoxy) is 2. The molecule has 3 aromatic carbocycles. The quantitative estimate of drug-likeness (QED) is 0.581. The Labute approximate surface area is 191 Å². The van der Waals surface area contributed by atoms with Crippen molar-refractivity contribution in [1.29, 1.82) is 0 Å². The molecule has 168 valence electrons. The second-order valence-corrected chi connectivity index (χ2v) is 7.37. The number of anilines is 3. The first-order valence-corrected chi connectivity index (χ1v) is 10.4. The summed E-state index contributed by atoms with van der Waals surface area (Å²) in [5.74, 6) is -0.0719. The van der Waals surface area contributed by atoms with E-state index in [-0.39, 0.29) is 13.0 Å². The monoisotopic (exact) mass is 445 g/mol. The highest BCUT2D eigenvalue weighted by Crippen LogP contribution is 2.33. The lowest BCUT2D eigenvalue weighted by molar-refractivity contribution is -0.127. The number of nitrogens with one attached hydrogen (secondary N) is 2. The van der Waals surface area contributed by atoms with Gasteiger partial charge in [0.2, 0.25) is 11.8 Å². The number of para-hydroxylation sites is 3. The summed E-state index contributed by atoms with van der Waals surface area (Å²) in [7, 11) is 1.56. The number of rotatable bonds is 7. The number of carbonyl (C=O) groups is 3. The minimum Gasteiger partial charge on any atom is -0.497 e. The van der Waals surface area contributed by atoms with Crippen LogP contribution in [0.1, 0.15) is 6.42 Å². The summed E-state index contributed by atoms with van der Waals surface area (Å²) in [4.78, 5) is 40.1. The van der Waals surface area contributed by atoms with E-state index in [1.165, 1.54) is 4.90 Å². The van der Waals surface area contributed by atoms with Crippen LogP contribution in [-0.4, -0.2) is 37.5 Å². The fourth-order valence-corrected chi connectivity index (χ4v) is 3.58. The molecular formula is C25H23N3O5. The summed E-state index contributed by atoms with van der Waals surface area (Å²) in [6.45, 7) is -0.276. The molecule has 0 bridgehead atoms. The topological polar surface area (TPSA) is 97.0 Å². The van der Waals surface area contributed by atoms with Crippen molar-refractivity contribution in [3.63, 3.8) is 0 Å². The van der Waals surface area contributed by atoms with Gasteiger partial charge in [0.1, 0.15) is 17.5 Å². The third kappa shape index (κ3) is 5.12. The molecule has 0 saturated carbocycles. The van der Waals surface area contributed by atoms with Gasteiger partial charge in [0.25, 0.3) is 5.91 Å². The van der Waals surface area contributed by atoms with Crippen LogP contribution in [-0.2, 0) is 14.4 Å². The van der Waals surface area contributed by atoms with Gasteiger partial charge in [0, 0.05) is 5.69 Å². The second-order valence-electron chi connectivity index (χ2n) is 7.37. The average molecular weight is 445 g/mol. The van der Waals surface area contributed by atoms with Crippen LogP contribution in [0.2, 0.25) is 0 Å². The molecule has 0 aromatic heterocycles. The van der Waals surface area contributed by atoms with E-state index in [9.17, 15) is 14.4 Å². The molecule has 4 rings (SSSR count). The lowest BCUT2D eigenvalue weighted by Crippen LogP contribution is -2.53. The van der Waals surface area contributed by atoms with Gasteiger partial charge in [-0.1, -0.05) is 30.3 Å². The smallest absolute Gasteiger partial charge is 0.265 e. The summed E-state index contributed by atoms with van der Waals surface area (Å²) in [6, 6.07) is 21.7. The van der Waals surface area contributed by atoms with E-state index < -0.39 is 23.8 Å². The normalized spacial score (nSPS) is 14.6. The van der Waals surface area contributed by atoms with Crippen molar-refractivity contribution >= 4 is 34.8 Å². The highest BCUT2D eigenvalue weighted by Gasteiger charge is 2.38. The van der Waals surface area contributed by atoms with E-state index in [0.717, 1.165) is 0 Å². The van der Waals surface area contributed by atoms with E-state index in [1.54, 1.807) is 79.9 Å². The summed E-state index contributed by atoms with van der Waals surface area (Å²) in [6.07, 6.45) is -0.219. The summed E-state index contributed by atoms with van der Waals surface area (Å²) >= 11 is 0. The largest absolute Gasteiger partial charge is 0.497 e. The number of amides is 3. The van der Waals surface area contributed by atoms with Gasteiger partial charge in [0.15, 0.2) is 6.61 Å². The van der Waals surface area contributed by atoms with Gasteiger partial charge in [-0.2, -0.15) is 0 Å². The van der Waals surface area contributed by atoms with Crippen LogP contribution in [0, 0.1) is 0 Å². The third-order valence-corrected chi connectivity index (χ3v) is 5.16. The van der Waals surface area contributed by atoms with E-state index in [0.29, 0.717) is 28.6 Å². The van der Waals surface area contributed by atoms with E-state index in [2.05, 4.69) is 10.6 Å². The minimum atomic E-state index is -1.02. The number of carbonyl (C=O) groups excluding carboxylic acids is 3. The zero-order valence-corrected chi connectivity index (χ0v) is 18.0. The number of methoxy groups -OCH3 is 1. The molecule has 3 amide bonds. The van der Waals surface area contributed by atoms with Crippen LogP contribution in [0.25, 0.3) is 0 Å². The van der Waals surface area contributed by atoms with Crippen molar-refractivity contribution in [2.75, 3.05) is 29.3 Å². The predicted octanol–water partition coefficient (Wildman–Crippen LogP) is 3.46. The predicted molar refractivity (Wildman–Crippen MR) is 125 cm³/mol. The van der Waals surface area contributed by atoms with Crippen molar-refractivity contribution in [2.24, 2.45) is 0 Å².